The lowest BCUT2D eigenvalue weighted by Gasteiger charge is -2.15. The molecular weight excluding hydrogens is 305 g/mol. The van der Waals surface area contributed by atoms with Crippen LogP contribution in [0.25, 0.3) is 0 Å². The van der Waals surface area contributed by atoms with E-state index in [1.165, 1.54) is 13.0 Å². The highest BCUT2D eigenvalue weighted by Gasteiger charge is 2.31. The summed E-state index contributed by atoms with van der Waals surface area (Å²) in [6, 6.07) is 3.76. The van der Waals surface area contributed by atoms with E-state index in [9.17, 15) is 22.8 Å². The van der Waals surface area contributed by atoms with Crippen LogP contribution in [0.1, 0.15) is 26.3 Å². The van der Waals surface area contributed by atoms with E-state index in [-0.39, 0.29) is 5.75 Å². The van der Waals surface area contributed by atoms with Crippen molar-refractivity contribution in [2.45, 2.75) is 33.2 Å². The normalized spacial score (nSPS) is 12.7. The first-order chi connectivity index (χ1) is 10.1. The lowest BCUT2D eigenvalue weighted by molar-refractivity contribution is -0.170. The molecule has 0 amide bonds. The van der Waals surface area contributed by atoms with Crippen molar-refractivity contribution in [2.24, 2.45) is 5.92 Å². The molecule has 0 N–H and O–H groups in total. The van der Waals surface area contributed by atoms with Gasteiger partial charge in [0.05, 0.1) is 11.5 Å². The third-order valence-corrected chi connectivity index (χ3v) is 2.38. The Balaban J connectivity index is 2.60. The van der Waals surface area contributed by atoms with Gasteiger partial charge in [-0.1, -0.05) is 19.9 Å². The van der Waals surface area contributed by atoms with Gasteiger partial charge in [-0.25, -0.2) is 4.79 Å². The van der Waals surface area contributed by atoms with Gasteiger partial charge in [0.25, 0.3) is 0 Å². The smallest absolute Gasteiger partial charge is 0.425 e. The maximum atomic E-state index is 12.5. The van der Waals surface area contributed by atoms with Crippen molar-refractivity contribution in [1.29, 1.82) is 0 Å². The number of alkyl halides is 3. The molecule has 0 aliphatic rings. The molecule has 0 heterocycles. The molecule has 1 unspecified atom stereocenters. The SMILES string of the molecule is CC(OC(=O)Oc1cccc(C(F)(F)F)c1)OC(=O)C(C)C. The fourth-order valence-electron chi connectivity index (χ4n) is 1.32. The molecule has 122 valence electrons. The van der Waals surface area contributed by atoms with Crippen LogP contribution in [0.15, 0.2) is 24.3 Å². The fraction of sp³-hybridized carbons (Fsp3) is 0.429. The molecule has 0 aliphatic carbocycles. The van der Waals surface area contributed by atoms with Crippen LogP contribution in [0.2, 0.25) is 0 Å². The molecular formula is C14H15F3O5. The van der Waals surface area contributed by atoms with Gasteiger partial charge in [-0.15, -0.1) is 0 Å². The van der Waals surface area contributed by atoms with E-state index in [1.807, 2.05) is 0 Å². The van der Waals surface area contributed by atoms with Gasteiger partial charge in [0, 0.05) is 6.92 Å². The first-order valence-corrected chi connectivity index (χ1v) is 6.36. The average molecular weight is 320 g/mol. The minimum absolute atomic E-state index is 0.331. The van der Waals surface area contributed by atoms with Crippen molar-refractivity contribution in [3.05, 3.63) is 29.8 Å². The van der Waals surface area contributed by atoms with Gasteiger partial charge in [-0.2, -0.15) is 13.2 Å². The van der Waals surface area contributed by atoms with Crippen molar-refractivity contribution in [1.82, 2.24) is 0 Å². The highest BCUT2D eigenvalue weighted by molar-refractivity contribution is 5.72. The number of halogens is 3. The molecule has 1 atom stereocenters. The zero-order valence-corrected chi connectivity index (χ0v) is 12.1. The second kappa shape index (κ2) is 7.15. The van der Waals surface area contributed by atoms with E-state index in [0.29, 0.717) is 6.07 Å². The summed E-state index contributed by atoms with van der Waals surface area (Å²) >= 11 is 0. The minimum Gasteiger partial charge on any atom is -0.425 e. The van der Waals surface area contributed by atoms with Crippen LogP contribution in [0.4, 0.5) is 18.0 Å². The summed E-state index contributed by atoms with van der Waals surface area (Å²) in [5.74, 6) is -1.33. The molecule has 0 fully saturated rings. The maximum Gasteiger partial charge on any atom is 0.516 e. The van der Waals surface area contributed by atoms with Crippen LogP contribution in [0, 0.1) is 5.92 Å². The molecule has 1 aromatic rings. The maximum absolute atomic E-state index is 12.5. The quantitative estimate of drug-likeness (QED) is 0.480. The van der Waals surface area contributed by atoms with E-state index in [4.69, 9.17) is 4.74 Å². The zero-order valence-electron chi connectivity index (χ0n) is 12.1. The third kappa shape index (κ3) is 5.63. The first kappa shape index (κ1) is 17.8. The molecule has 1 aromatic carbocycles. The Labute approximate surface area is 125 Å². The van der Waals surface area contributed by atoms with Gasteiger partial charge < -0.3 is 14.2 Å². The molecule has 5 nitrogen and oxygen atoms in total. The second-order valence-electron chi connectivity index (χ2n) is 4.65. The number of ether oxygens (including phenoxy) is 3. The molecule has 0 aromatic heterocycles. The number of esters is 1. The van der Waals surface area contributed by atoms with Crippen LogP contribution >= 0.6 is 0 Å². The summed E-state index contributed by atoms with van der Waals surface area (Å²) in [7, 11) is 0. The average Bonchev–Trinajstić information content (AvgIpc) is 2.37. The standard InChI is InChI=1S/C14H15F3O5/c1-8(2)12(18)20-9(3)21-13(19)22-11-6-4-5-10(7-11)14(15,16)17/h4-9H,1-3H3. The van der Waals surface area contributed by atoms with Gasteiger partial charge >= 0.3 is 18.3 Å². The van der Waals surface area contributed by atoms with Crippen molar-refractivity contribution >= 4 is 12.1 Å². The topological polar surface area (TPSA) is 61.8 Å². The minimum atomic E-state index is -4.55. The summed E-state index contributed by atoms with van der Waals surface area (Å²) in [4.78, 5) is 22.7. The van der Waals surface area contributed by atoms with Crippen molar-refractivity contribution in [2.75, 3.05) is 0 Å². The molecule has 0 saturated carbocycles. The van der Waals surface area contributed by atoms with Gasteiger partial charge in [-0.05, 0) is 18.2 Å². The molecule has 0 aliphatic heterocycles. The number of hydrogen-bond acceptors (Lipinski definition) is 5. The number of carbonyl (C=O) groups is 2. The lowest BCUT2D eigenvalue weighted by Crippen LogP contribution is -2.25. The molecule has 0 spiro atoms. The summed E-state index contributed by atoms with van der Waals surface area (Å²) in [6.45, 7) is 4.47. The van der Waals surface area contributed by atoms with Gasteiger partial charge in [0.1, 0.15) is 5.75 Å². The van der Waals surface area contributed by atoms with Gasteiger partial charge in [-0.3, -0.25) is 4.79 Å². The molecule has 0 bridgehead atoms. The Morgan fingerprint density at radius 1 is 1.09 bits per heavy atom. The molecule has 22 heavy (non-hydrogen) atoms. The van der Waals surface area contributed by atoms with Crippen molar-refractivity contribution in [3.63, 3.8) is 0 Å². The van der Waals surface area contributed by atoms with Crippen LogP contribution < -0.4 is 4.74 Å². The Hall–Kier alpha value is -2.25. The lowest BCUT2D eigenvalue weighted by atomic mass is 10.2. The first-order valence-electron chi connectivity index (χ1n) is 6.36. The Morgan fingerprint density at radius 2 is 1.73 bits per heavy atom. The summed E-state index contributed by atoms with van der Waals surface area (Å²) in [5, 5.41) is 0. The summed E-state index contributed by atoms with van der Waals surface area (Å²) < 4.78 is 51.5. The van der Waals surface area contributed by atoms with E-state index < -0.39 is 36.1 Å². The highest BCUT2D eigenvalue weighted by atomic mass is 19.4. The summed E-state index contributed by atoms with van der Waals surface area (Å²) in [5.41, 5.74) is -0.961. The van der Waals surface area contributed by atoms with Crippen LogP contribution in [0.5, 0.6) is 5.75 Å². The monoisotopic (exact) mass is 320 g/mol. The van der Waals surface area contributed by atoms with E-state index >= 15 is 0 Å². The predicted octanol–water partition coefficient (Wildman–Crippen LogP) is 3.77. The molecule has 0 saturated heterocycles. The zero-order chi connectivity index (χ0) is 16.9. The predicted molar refractivity (Wildman–Crippen MR) is 68.9 cm³/mol. The highest BCUT2D eigenvalue weighted by Crippen LogP contribution is 2.31. The number of benzene rings is 1. The number of rotatable bonds is 4. The molecule has 8 heteroatoms. The number of hydrogen-bond donors (Lipinski definition) is 0. The van der Waals surface area contributed by atoms with Crippen LogP contribution in [0.3, 0.4) is 0 Å². The molecule has 1 rings (SSSR count). The fourth-order valence-corrected chi connectivity index (χ4v) is 1.32. The van der Waals surface area contributed by atoms with Crippen molar-refractivity contribution in [3.8, 4) is 5.75 Å². The Morgan fingerprint density at radius 3 is 2.27 bits per heavy atom. The summed E-state index contributed by atoms with van der Waals surface area (Å²) in [6.07, 6.45) is -7.04. The van der Waals surface area contributed by atoms with Crippen LogP contribution in [-0.2, 0) is 20.4 Å². The molecule has 0 radical (unpaired) electrons. The third-order valence-electron chi connectivity index (χ3n) is 2.38. The Kier molecular flexibility index (Phi) is 5.78. The van der Waals surface area contributed by atoms with Gasteiger partial charge in [0.15, 0.2) is 0 Å². The van der Waals surface area contributed by atoms with Crippen molar-refractivity contribution < 1.29 is 37.0 Å². The van der Waals surface area contributed by atoms with E-state index in [1.54, 1.807) is 13.8 Å². The van der Waals surface area contributed by atoms with E-state index in [0.717, 1.165) is 12.1 Å². The largest absolute Gasteiger partial charge is 0.516 e. The number of carbonyl (C=O) groups excluding carboxylic acids is 2. The van der Waals surface area contributed by atoms with E-state index in [2.05, 4.69) is 9.47 Å². The van der Waals surface area contributed by atoms with Crippen LogP contribution in [-0.4, -0.2) is 18.4 Å². The Bertz CT molecular complexity index is 540. The second-order valence-corrected chi connectivity index (χ2v) is 4.65. The van der Waals surface area contributed by atoms with Gasteiger partial charge in [0.2, 0.25) is 6.29 Å².